The van der Waals surface area contributed by atoms with E-state index in [2.05, 4.69) is 19.2 Å². The number of hydrogen-bond donors (Lipinski definition) is 1. The second-order valence-electron chi connectivity index (χ2n) is 6.53. The Bertz CT molecular complexity index is 338. The first-order chi connectivity index (χ1) is 7.86. The summed E-state index contributed by atoms with van der Waals surface area (Å²) in [5, 5.41) is 3.67. The van der Waals surface area contributed by atoms with Crippen LogP contribution in [-0.4, -0.2) is 32.0 Å². The molecular formula is C13H25NO2S. The fourth-order valence-corrected chi connectivity index (χ4v) is 4.45. The Morgan fingerprint density at radius 3 is 1.94 bits per heavy atom. The Morgan fingerprint density at radius 2 is 1.41 bits per heavy atom. The third-order valence-electron chi connectivity index (χ3n) is 4.37. The van der Waals surface area contributed by atoms with Gasteiger partial charge in [-0.25, -0.2) is 8.42 Å². The van der Waals surface area contributed by atoms with Crippen molar-refractivity contribution in [3.8, 4) is 0 Å². The van der Waals surface area contributed by atoms with Crippen LogP contribution in [0.3, 0.4) is 0 Å². The summed E-state index contributed by atoms with van der Waals surface area (Å²) in [7, 11) is -2.72. The predicted octanol–water partition coefficient (Wildman–Crippen LogP) is 2.12. The SMILES string of the molecule is CC1(C)CCC(NC2CCS(=O)(=O)CC2)CC1. The highest BCUT2D eigenvalue weighted by atomic mass is 32.2. The van der Waals surface area contributed by atoms with E-state index in [4.69, 9.17) is 0 Å². The largest absolute Gasteiger partial charge is 0.311 e. The van der Waals surface area contributed by atoms with Gasteiger partial charge in [-0.1, -0.05) is 13.8 Å². The lowest BCUT2D eigenvalue weighted by Gasteiger charge is -2.37. The minimum absolute atomic E-state index is 0.378. The van der Waals surface area contributed by atoms with Gasteiger partial charge >= 0.3 is 0 Å². The van der Waals surface area contributed by atoms with Gasteiger partial charge in [-0.3, -0.25) is 0 Å². The van der Waals surface area contributed by atoms with Crippen LogP contribution in [0.15, 0.2) is 0 Å². The fraction of sp³-hybridized carbons (Fsp3) is 1.00. The lowest BCUT2D eigenvalue weighted by molar-refractivity contribution is 0.196. The van der Waals surface area contributed by atoms with E-state index in [0.717, 1.165) is 12.8 Å². The van der Waals surface area contributed by atoms with Gasteiger partial charge in [0.25, 0.3) is 0 Å². The summed E-state index contributed by atoms with van der Waals surface area (Å²) in [6.07, 6.45) is 6.68. The van der Waals surface area contributed by atoms with Crippen molar-refractivity contribution in [1.82, 2.24) is 5.32 Å². The zero-order valence-corrected chi connectivity index (χ0v) is 11.9. The topological polar surface area (TPSA) is 46.2 Å². The molecule has 1 heterocycles. The van der Waals surface area contributed by atoms with Crippen LogP contribution >= 0.6 is 0 Å². The van der Waals surface area contributed by atoms with Gasteiger partial charge in [0.1, 0.15) is 9.84 Å². The molecule has 2 fully saturated rings. The molecule has 0 aromatic heterocycles. The molecule has 17 heavy (non-hydrogen) atoms. The third-order valence-corrected chi connectivity index (χ3v) is 6.08. The van der Waals surface area contributed by atoms with Crippen molar-refractivity contribution in [3.05, 3.63) is 0 Å². The number of rotatable bonds is 2. The molecule has 0 radical (unpaired) electrons. The standard InChI is InChI=1S/C13H25NO2S/c1-13(2)7-3-11(4-8-13)14-12-5-9-17(15,16)10-6-12/h11-12,14H,3-10H2,1-2H3. The smallest absolute Gasteiger partial charge is 0.150 e. The molecule has 0 atom stereocenters. The molecule has 0 aromatic carbocycles. The van der Waals surface area contributed by atoms with Gasteiger partial charge in [-0.15, -0.1) is 0 Å². The van der Waals surface area contributed by atoms with E-state index in [1.807, 2.05) is 0 Å². The van der Waals surface area contributed by atoms with E-state index in [0.29, 0.717) is 29.0 Å². The fourth-order valence-electron chi connectivity index (χ4n) is 2.96. The summed E-state index contributed by atoms with van der Waals surface area (Å²) in [5.41, 5.74) is 0.508. The molecule has 3 nitrogen and oxygen atoms in total. The van der Waals surface area contributed by atoms with E-state index in [-0.39, 0.29) is 0 Å². The van der Waals surface area contributed by atoms with Crippen LogP contribution in [-0.2, 0) is 9.84 Å². The van der Waals surface area contributed by atoms with Crippen molar-refractivity contribution < 1.29 is 8.42 Å². The highest BCUT2D eigenvalue weighted by Crippen LogP contribution is 2.35. The van der Waals surface area contributed by atoms with Gasteiger partial charge < -0.3 is 5.32 Å². The van der Waals surface area contributed by atoms with Crippen LogP contribution in [0.1, 0.15) is 52.4 Å². The predicted molar refractivity (Wildman–Crippen MR) is 70.8 cm³/mol. The molecule has 0 amide bonds. The summed E-state index contributed by atoms with van der Waals surface area (Å²) in [5.74, 6) is 0.756. The highest BCUT2D eigenvalue weighted by Gasteiger charge is 2.30. The molecule has 100 valence electrons. The Morgan fingerprint density at radius 1 is 0.941 bits per heavy atom. The average molecular weight is 259 g/mol. The molecule has 4 heteroatoms. The molecule has 2 rings (SSSR count). The van der Waals surface area contributed by atoms with E-state index in [9.17, 15) is 8.42 Å². The second kappa shape index (κ2) is 4.88. The number of nitrogens with one attached hydrogen (secondary N) is 1. The lowest BCUT2D eigenvalue weighted by atomic mass is 9.75. The normalized spacial score (nSPS) is 30.2. The van der Waals surface area contributed by atoms with Crippen LogP contribution in [0.2, 0.25) is 0 Å². The maximum Gasteiger partial charge on any atom is 0.150 e. The summed E-state index contributed by atoms with van der Waals surface area (Å²) in [4.78, 5) is 0. The number of hydrogen-bond acceptors (Lipinski definition) is 3. The summed E-state index contributed by atoms with van der Waals surface area (Å²) in [6.45, 7) is 4.69. The molecule has 1 saturated heterocycles. The van der Waals surface area contributed by atoms with Crippen molar-refractivity contribution >= 4 is 9.84 Å². The molecule has 2 aliphatic rings. The van der Waals surface area contributed by atoms with E-state index in [1.54, 1.807) is 0 Å². The van der Waals surface area contributed by atoms with Crippen LogP contribution in [0.25, 0.3) is 0 Å². The van der Waals surface area contributed by atoms with Gasteiger partial charge in [-0.05, 0) is 43.9 Å². The first kappa shape index (κ1) is 13.3. The molecule has 1 aliphatic carbocycles. The van der Waals surface area contributed by atoms with Crippen LogP contribution in [0.5, 0.6) is 0 Å². The second-order valence-corrected chi connectivity index (χ2v) is 8.83. The summed E-state index contributed by atoms with van der Waals surface area (Å²) < 4.78 is 22.7. The zero-order valence-electron chi connectivity index (χ0n) is 11.0. The first-order valence-corrected chi connectivity index (χ1v) is 8.65. The van der Waals surface area contributed by atoms with Gasteiger partial charge in [0.2, 0.25) is 0 Å². The van der Waals surface area contributed by atoms with Gasteiger partial charge in [0, 0.05) is 12.1 Å². The van der Waals surface area contributed by atoms with Crippen molar-refractivity contribution in [2.24, 2.45) is 5.41 Å². The van der Waals surface area contributed by atoms with Gasteiger partial charge in [-0.2, -0.15) is 0 Å². The molecule has 1 aliphatic heterocycles. The minimum Gasteiger partial charge on any atom is -0.311 e. The average Bonchev–Trinajstić information content (AvgIpc) is 2.24. The molecule has 0 aromatic rings. The molecule has 1 N–H and O–H groups in total. The van der Waals surface area contributed by atoms with Crippen molar-refractivity contribution in [2.75, 3.05) is 11.5 Å². The maximum absolute atomic E-state index is 11.3. The Hall–Kier alpha value is -0.0900. The lowest BCUT2D eigenvalue weighted by Crippen LogP contribution is -2.45. The van der Waals surface area contributed by atoms with Crippen molar-refractivity contribution in [2.45, 2.75) is 64.5 Å². The quantitative estimate of drug-likeness (QED) is 0.826. The molecule has 1 saturated carbocycles. The Balaban J connectivity index is 1.76. The highest BCUT2D eigenvalue weighted by molar-refractivity contribution is 7.91. The number of sulfone groups is 1. The third kappa shape index (κ3) is 3.95. The molecule has 0 bridgehead atoms. The Labute approximate surface area is 105 Å². The molecule has 0 spiro atoms. The summed E-state index contributed by atoms with van der Waals surface area (Å²) >= 11 is 0. The monoisotopic (exact) mass is 259 g/mol. The zero-order chi connectivity index (χ0) is 12.5. The van der Waals surface area contributed by atoms with E-state index >= 15 is 0 Å². The van der Waals surface area contributed by atoms with Crippen molar-refractivity contribution in [3.63, 3.8) is 0 Å². The van der Waals surface area contributed by atoms with E-state index in [1.165, 1.54) is 25.7 Å². The van der Waals surface area contributed by atoms with Gasteiger partial charge in [0.05, 0.1) is 11.5 Å². The van der Waals surface area contributed by atoms with Crippen LogP contribution in [0.4, 0.5) is 0 Å². The Kier molecular flexibility index (Phi) is 3.83. The minimum atomic E-state index is -2.72. The van der Waals surface area contributed by atoms with Crippen LogP contribution < -0.4 is 5.32 Å². The molecular weight excluding hydrogens is 234 g/mol. The summed E-state index contributed by atoms with van der Waals surface area (Å²) in [6, 6.07) is 1.05. The van der Waals surface area contributed by atoms with Crippen LogP contribution in [0, 0.1) is 5.41 Å². The maximum atomic E-state index is 11.3. The van der Waals surface area contributed by atoms with Crippen molar-refractivity contribution in [1.29, 1.82) is 0 Å². The van der Waals surface area contributed by atoms with E-state index < -0.39 is 9.84 Å². The van der Waals surface area contributed by atoms with Gasteiger partial charge in [0.15, 0.2) is 0 Å². The molecule has 0 unspecified atom stereocenters. The first-order valence-electron chi connectivity index (χ1n) is 6.83.